The summed E-state index contributed by atoms with van der Waals surface area (Å²) in [6, 6.07) is 12.7. The molecule has 3 rings (SSSR count). The quantitative estimate of drug-likeness (QED) is 0.461. The number of carbonyl (C=O) groups excluding carboxylic acids is 1. The number of aliphatic hydroxyl groups excluding tert-OH is 1. The fourth-order valence-corrected chi connectivity index (χ4v) is 3.22. The van der Waals surface area contributed by atoms with Gasteiger partial charge in [0.1, 0.15) is 11.4 Å². The molecule has 0 saturated heterocycles. The van der Waals surface area contributed by atoms with Crippen LogP contribution in [0.4, 0.5) is 0 Å². The van der Waals surface area contributed by atoms with Gasteiger partial charge in [0.05, 0.1) is 29.3 Å². The lowest BCUT2D eigenvalue weighted by atomic mass is 10.2. The molecule has 142 valence electrons. The topological polar surface area (TPSA) is 60.7 Å². The second-order valence-electron chi connectivity index (χ2n) is 5.97. The van der Waals surface area contributed by atoms with Crippen LogP contribution in [0.15, 0.2) is 42.5 Å². The van der Waals surface area contributed by atoms with Crippen molar-refractivity contribution >= 4 is 40.1 Å². The van der Waals surface area contributed by atoms with E-state index in [0.717, 1.165) is 16.5 Å². The first kappa shape index (κ1) is 19.5. The Morgan fingerprint density at radius 1 is 1.15 bits per heavy atom. The molecule has 1 N–H and O–H groups in total. The average molecular weight is 408 g/mol. The summed E-state index contributed by atoms with van der Waals surface area (Å²) in [5.74, 6) is 0.214. The van der Waals surface area contributed by atoms with Crippen molar-refractivity contribution in [1.29, 1.82) is 0 Å². The Morgan fingerprint density at radius 3 is 2.67 bits per heavy atom. The minimum Gasteiger partial charge on any atom is -0.493 e. The molecule has 1 heterocycles. The highest BCUT2D eigenvalue weighted by molar-refractivity contribution is 6.42. The molecular weight excluding hydrogens is 389 g/mol. The number of rotatable bonds is 7. The zero-order valence-corrected chi connectivity index (χ0v) is 16.3. The molecule has 7 heteroatoms. The van der Waals surface area contributed by atoms with Crippen LogP contribution in [0.5, 0.6) is 5.75 Å². The lowest BCUT2D eigenvalue weighted by molar-refractivity contribution is 0.0589. The van der Waals surface area contributed by atoms with Gasteiger partial charge in [-0.3, -0.25) is 0 Å². The van der Waals surface area contributed by atoms with Crippen molar-refractivity contribution in [3.05, 3.63) is 63.8 Å². The van der Waals surface area contributed by atoms with Gasteiger partial charge in [0.15, 0.2) is 0 Å². The van der Waals surface area contributed by atoms with E-state index in [-0.39, 0.29) is 6.61 Å². The van der Waals surface area contributed by atoms with Crippen LogP contribution in [0.3, 0.4) is 0 Å². The van der Waals surface area contributed by atoms with E-state index < -0.39 is 5.97 Å². The molecule has 0 spiro atoms. The van der Waals surface area contributed by atoms with E-state index in [1.165, 1.54) is 7.11 Å². The number of fused-ring (bicyclic) bond motifs is 1. The summed E-state index contributed by atoms with van der Waals surface area (Å²) >= 11 is 12.1. The summed E-state index contributed by atoms with van der Waals surface area (Å²) in [7, 11) is 1.35. The minimum absolute atomic E-state index is 0.0573. The monoisotopic (exact) mass is 407 g/mol. The normalized spacial score (nSPS) is 11.0. The number of aromatic nitrogens is 1. The molecule has 27 heavy (non-hydrogen) atoms. The first-order valence-electron chi connectivity index (χ1n) is 8.43. The van der Waals surface area contributed by atoms with Gasteiger partial charge in [0.25, 0.3) is 0 Å². The third kappa shape index (κ3) is 4.21. The molecule has 1 aromatic heterocycles. The van der Waals surface area contributed by atoms with Gasteiger partial charge < -0.3 is 19.1 Å². The third-order valence-corrected chi connectivity index (χ3v) is 4.92. The standard InChI is InChI=1S/C20H19Cl2NO4/c1-26-20(25)18-11-14-17(4-2-5-19(14)27-9-3-8-24)23(18)12-13-6-7-15(21)16(22)10-13/h2,4-7,10-11,24H,3,8-9,12H2,1H3. The predicted molar refractivity (Wildman–Crippen MR) is 106 cm³/mol. The maximum atomic E-state index is 12.3. The number of hydrogen-bond acceptors (Lipinski definition) is 4. The van der Waals surface area contributed by atoms with Crippen molar-refractivity contribution in [2.75, 3.05) is 20.3 Å². The van der Waals surface area contributed by atoms with E-state index in [0.29, 0.717) is 41.1 Å². The molecule has 0 radical (unpaired) electrons. The SMILES string of the molecule is COC(=O)c1cc2c(OCCCO)cccc2n1Cc1ccc(Cl)c(Cl)c1. The molecule has 0 aliphatic carbocycles. The van der Waals surface area contributed by atoms with Crippen LogP contribution in [-0.4, -0.2) is 36.0 Å². The van der Waals surface area contributed by atoms with Crippen LogP contribution in [0.2, 0.25) is 10.0 Å². The minimum atomic E-state index is -0.437. The van der Waals surface area contributed by atoms with E-state index >= 15 is 0 Å². The highest BCUT2D eigenvalue weighted by atomic mass is 35.5. The molecule has 3 aromatic rings. The van der Waals surface area contributed by atoms with Crippen molar-refractivity contribution < 1.29 is 19.4 Å². The van der Waals surface area contributed by atoms with Crippen LogP contribution in [0, 0.1) is 0 Å². The summed E-state index contributed by atoms with van der Waals surface area (Å²) in [6.45, 7) is 0.869. The number of methoxy groups -OCH3 is 1. The van der Waals surface area contributed by atoms with Crippen molar-refractivity contribution in [2.45, 2.75) is 13.0 Å². The molecular formula is C20H19Cl2NO4. The number of benzene rings is 2. The predicted octanol–water partition coefficient (Wildman–Crippen LogP) is 4.54. The maximum Gasteiger partial charge on any atom is 0.354 e. The van der Waals surface area contributed by atoms with Gasteiger partial charge in [-0.05, 0) is 35.9 Å². The van der Waals surface area contributed by atoms with Gasteiger partial charge in [-0.25, -0.2) is 4.79 Å². The lowest BCUT2D eigenvalue weighted by Gasteiger charge is -2.11. The van der Waals surface area contributed by atoms with E-state index in [1.54, 1.807) is 18.2 Å². The van der Waals surface area contributed by atoms with E-state index in [2.05, 4.69) is 0 Å². The first-order chi connectivity index (χ1) is 13.0. The fourth-order valence-electron chi connectivity index (χ4n) is 2.89. The van der Waals surface area contributed by atoms with E-state index in [4.69, 9.17) is 37.8 Å². The van der Waals surface area contributed by atoms with E-state index in [9.17, 15) is 4.79 Å². The highest BCUT2D eigenvalue weighted by Crippen LogP contribution is 2.31. The molecule has 0 unspecified atom stereocenters. The molecule has 0 amide bonds. The van der Waals surface area contributed by atoms with Gasteiger partial charge in [-0.15, -0.1) is 0 Å². The summed E-state index contributed by atoms with van der Waals surface area (Å²) in [4.78, 5) is 12.3. The van der Waals surface area contributed by atoms with Crippen molar-refractivity contribution in [1.82, 2.24) is 4.57 Å². The van der Waals surface area contributed by atoms with Gasteiger partial charge in [-0.2, -0.15) is 0 Å². The van der Waals surface area contributed by atoms with Gasteiger partial charge in [0.2, 0.25) is 0 Å². The lowest BCUT2D eigenvalue weighted by Crippen LogP contribution is -2.11. The smallest absolute Gasteiger partial charge is 0.354 e. The van der Waals surface area contributed by atoms with Crippen LogP contribution >= 0.6 is 23.2 Å². The van der Waals surface area contributed by atoms with Crippen LogP contribution in [-0.2, 0) is 11.3 Å². The molecule has 0 aliphatic rings. The second-order valence-corrected chi connectivity index (χ2v) is 6.78. The third-order valence-electron chi connectivity index (χ3n) is 4.19. The number of ether oxygens (including phenoxy) is 2. The fraction of sp³-hybridized carbons (Fsp3) is 0.250. The Hall–Kier alpha value is -2.21. The number of esters is 1. The Bertz CT molecular complexity index is 968. The number of nitrogens with zero attached hydrogens (tertiary/aromatic N) is 1. The molecule has 0 fully saturated rings. The average Bonchev–Trinajstić information content (AvgIpc) is 3.04. The number of aliphatic hydroxyl groups is 1. The highest BCUT2D eigenvalue weighted by Gasteiger charge is 2.19. The largest absolute Gasteiger partial charge is 0.493 e. The van der Waals surface area contributed by atoms with Gasteiger partial charge >= 0.3 is 5.97 Å². The zero-order chi connectivity index (χ0) is 19.4. The number of hydrogen-bond donors (Lipinski definition) is 1. The van der Waals surface area contributed by atoms with Crippen LogP contribution < -0.4 is 4.74 Å². The van der Waals surface area contributed by atoms with Crippen LogP contribution in [0.25, 0.3) is 10.9 Å². The number of carbonyl (C=O) groups is 1. The Kier molecular flexibility index (Phi) is 6.26. The van der Waals surface area contributed by atoms with E-state index in [1.807, 2.05) is 28.8 Å². The van der Waals surface area contributed by atoms with Gasteiger partial charge in [0, 0.05) is 25.0 Å². The van der Waals surface area contributed by atoms with Crippen molar-refractivity contribution in [3.8, 4) is 5.75 Å². The van der Waals surface area contributed by atoms with Crippen LogP contribution in [0.1, 0.15) is 22.5 Å². The van der Waals surface area contributed by atoms with Crippen molar-refractivity contribution in [2.24, 2.45) is 0 Å². The summed E-state index contributed by atoms with van der Waals surface area (Å²) in [5, 5.41) is 10.7. The molecule has 0 bridgehead atoms. The molecule has 0 atom stereocenters. The Labute approximate surface area is 167 Å². The Balaban J connectivity index is 2.07. The molecule has 0 aliphatic heterocycles. The maximum absolute atomic E-state index is 12.3. The molecule has 0 saturated carbocycles. The first-order valence-corrected chi connectivity index (χ1v) is 9.19. The summed E-state index contributed by atoms with van der Waals surface area (Å²) in [5.41, 5.74) is 2.15. The molecule has 2 aromatic carbocycles. The molecule has 5 nitrogen and oxygen atoms in total. The summed E-state index contributed by atoms with van der Waals surface area (Å²) < 4.78 is 12.6. The van der Waals surface area contributed by atoms with Gasteiger partial charge in [-0.1, -0.05) is 35.3 Å². The number of halogens is 2. The van der Waals surface area contributed by atoms with Crippen molar-refractivity contribution in [3.63, 3.8) is 0 Å². The second kappa shape index (κ2) is 8.65. The summed E-state index contributed by atoms with van der Waals surface area (Å²) in [6.07, 6.45) is 0.532. The zero-order valence-electron chi connectivity index (χ0n) is 14.7. The Morgan fingerprint density at radius 2 is 1.96 bits per heavy atom.